The molecule has 1 atom stereocenters. The molecule has 0 saturated carbocycles. The van der Waals surface area contributed by atoms with Crippen LogP contribution in [0.3, 0.4) is 0 Å². The third kappa shape index (κ3) is 4.49. The second kappa shape index (κ2) is 7.63. The van der Waals surface area contributed by atoms with Crippen molar-refractivity contribution in [2.45, 2.75) is 38.6 Å². The van der Waals surface area contributed by atoms with Crippen molar-refractivity contribution in [2.75, 3.05) is 33.4 Å². The summed E-state index contributed by atoms with van der Waals surface area (Å²) in [6.07, 6.45) is 4.43. The SMILES string of the molecule is COCCCCNC(C)C(=O)N1CCCC1. The predicted octanol–water partition coefficient (Wildman–Crippen LogP) is 1.01. The minimum Gasteiger partial charge on any atom is -0.385 e. The van der Waals surface area contributed by atoms with E-state index >= 15 is 0 Å². The van der Waals surface area contributed by atoms with Gasteiger partial charge in [0.1, 0.15) is 0 Å². The predicted molar refractivity (Wildman–Crippen MR) is 64.4 cm³/mol. The molecule has 0 aromatic rings. The molecule has 16 heavy (non-hydrogen) atoms. The van der Waals surface area contributed by atoms with Crippen molar-refractivity contribution in [1.82, 2.24) is 10.2 Å². The summed E-state index contributed by atoms with van der Waals surface area (Å²) < 4.78 is 4.97. The number of likely N-dealkylation sites (tertiary alicyclic amines) is 1. The van der Waals surface area contributed by atoms with E-state index in [4.69, 9.17) is 4.74 Å². The number of carbonyl (C=O) groups is 1. The van der Waals surface area contributed by atoms with Crippen molar-refractivity contribution in [2.24, 2.45) is 0 Å². The maximum atomic E-state index is 11.9. The van der Waals surface area contributed by atoms with Gasteiger partial charge in [0.2, 0.25) is 5.91 Å². The molecule has 0 aromatic heterocycles. The van der Waals surface area contributed by atoms with E-state index in [0.29, 0.717) is 0 Å². The van der Waals surface area contributed by atoms with Crippen molar-refractivity contribution in [3.63, 3.8) is 0 Å². The summed E-state index contributed by atoms with van der Waals surface area (Å²) in [6.45, 7) is 5.53. The number of ether oxygens (including phenoxy) is 1. The topological polar surface area (TPSA) is 41.6 Å². The van der Waals surface area contributed by atoms with E-state index in [9.17, 15) is 4.79 Å². The van der Waals surface area contributed by atoms with Crippen molar-refractivity contribution in [3.8, 4) is 0 Å². The summed E-state index contributed by atoms with van der Waals surface area (Å²) in [5.41, 5.74) is 0. The summed E-state index contributed by atoms with van der Waals surface area (Å²) >= 11 is 0. The largest absolute Gasteiger partial charge is 0.385 e. The Morgan fingerprint density at radius 3 is 2.69 bits per heavy atom. The zero-order valence-corrected chi connectivity index (χ0v) is 10.5. The first kappa shape index (κ1) is 13.5. The molecule has 1 aliphatic heterocycles. The molecule has 1 heterocycles. The van der Waals surface area contributed by atoms with Crippen LogP contribution < -0.4 is 5.32 Å². The molecule has 94 valence electrons. The van der Waals surface area contributed by atoms with Crippen LogP contribution >= 0.6 is 0 Å². The molecule has 1 fully saturated rings. The van der Waals surface area contributed by atoms with Crippen LogP contribution in [0.5, 0.6) is 0 Å². The lowest BCUT2D eigenvalue weighted by Crippen LogP contribution is -2.43. The summed E-state index contributed by atoms with van der Waals surface area (Å²) in [4.78, 5) is 13.9. The molecule has 4 nitrogen and oxygen atoms in total. The second-order valence-electron chi connectivity index (χ2n) is 4.41. The molecule has 1 saturated heterocycles. The highest BCUT2D eigenvalue weighted by atomic mass is 16.5. The second-order valence-corrected chi connectivity index (χ2v) is 4.41. The van der Waals surface area contributed by atoms with Crippen LogP contribution in [-0.4, -0.2) is 50.2 Å². The quantitative estimate of drug-likeness (QED) is 0.661. The molecule has 0 radical (unpaired) electrons. The maximum Gasteiger partial charge on any atom is 0.239 e. The lowest BCUT2D eigenvalue weighted by molar-refractivity contribution is -0.131. The molecule has 0 aliphatic carbocycles. The Balaban J connectivity index is 2.08. The molecule has 0 spiro atoms. The number of carbonyl (C=O) groups excluding carboxylic acids is 1. The number of unbranched alkanes of at least 4 members (excludes halogenated alkanes) is 1. The number of rotatable bonds is 7. The Hall–Kier alpha value is -0.610. The Morgan fingerprint density at radius 1 is 1.38 bits per heavy atom. The Morgan fingerprint density at radius 2 is 2.06 bits per heavy atom. The van der Waals surface area contributed by atoms with Gasteiger partial charge in [-0.3, -0.25) is 4.79 Å². The molecule has 1 amide bonds. The minimum atomic E-state index is -0.0411. The van der Waals surface area contributed by atoms with Crippen LogP contribution in [0.15, 0.2) is 0 Å². The third-order valence-corrected chi connectivity index (χ3v) is 3.01. The standard InChI is InChI=1S/C12H24N2O2/c1-11(13-7-3-6-10-16-2)12(15)14-8-4-5-9-14/h11,13H,3-10H2,1-2H3. The summed E-state index contributed by atoms with van der Waals surface area (Å²) in [6, 6.07) is -0.0411. The van der Waals surface area contributed by atoms with Gasteiger partial charge in [0.25, 0.3) is 0 Å². The molecule has 0 aromatic carbocycles. The average molecular weight is 228 g/mol. The van der Waals surface area contributed by atoms with Gasteiger partial charge in [-0.15, -0.1) is 0 Å². The highest BCUT2D eigenvalue weighted by Crippen LogP contribution is 2.08. The Kier molecular flexibility index (Phi) is 6.42. The molecule has 1 N–H and O–H groups in total. The number of methoxy groups -OCH3 is 1. The van der Waals surface area contributed by atoms with Crippen LogP contribution in [0, 0.1) is 0 Å². The third-order valence-electron chi connectivity index (χ3n) is 3.01. The van der Waals surface area contributed by atoms with E-state index in [1.165, 1.54) is 0 Å². The van der Waals surface area contributed by atoms with E-state index in [0.717, 1.165) is 51.9 Å². The van der Waals surface area contributed by atoms with E-state index in [1.54, 1.807) is 7.11 Å². The van der Waals surface area contributed by atoms with Gasteiger partial charge >= 0.3 is 0 Å². The van der Waals surface area contributed by atoms with E-state index in [1.807, 2.05) is 11.8 Å². The van der Waals surface area contributed by atoms with Gasteiger partial charge in [0, 0.05) is 26.8 Å². The zero-order valence-electron chi connectivity index (χ0n) is 10.5. The summed E-state index contributed by atoms with van der Waals surface area (Å²) in [7, 11) is 1.72. The molecular formula is C12H24N2O2. The normalized spacial score (nSPS) is 17.8. The Bertz CT molecular complexity index is 203. The monoisotopic (exact) mass is 228 g/mol. The molecular weight excluding hydrogens is 204 g/mol. The molecule has 0 bridgehead atoms. The van der Waals surface area contributed by atoms with E-state index in [-0.39, 0.29) is 11.9 Å². The minimum absolute atomic E-state index is 0.0411. The van der Waals surface area contributed by atoms with Crippen LogP contribution in [0.2, 0.25) is 0 Å². The fraction of sp³-hybridized carbons (Fsp3) is 0.917. The van der Waals surface area contributed by atoms with E-state index < -0.39 is 0 Å². The first-order chi connectivity index (χ1) is 7.75. The smallest absolute Gasteiger partial charge is 0.239 e. The average Bonchev–Trinajstić information content (AvgIpc) is 2.81. The van der Waals surface area contributed by atoms with Gasteiger partial charge in [-0.2, -0.15) is 0 Å². The highest BCUT2D eigenvalue weighted by Gasteiger charge is 2.22. The van der Waals surface area contributed by atoms with Gasteiger partial charge in [-0.25, -0.2) is 0 Å². The zero-order chi connectivity index (χ0) is 11.8. The first-order valence-corrected chi connectivity index (χ1v) is 6.27. The fourth-order valence-electron chi connectivity index (χ4n) is 1.99. The van der Waals surface area contributed by atoms with Crippen molar-refractivity contribution in [1.29, 1.82) is 0 Å². The maximum absolute atomic E-state index is 11.9. The van der Waals surface area contributed by atoms with Gasteiger partial charge in [-0.05, 0) is 39.2 Å². The van der Waals surface area contributed by atoms with Crippen molar-refractivity contribution in [3.05, 3.63) is 0 Å². The Labute approximate surface area is 98.3 Å². The molecule has 1 unspecified atom stereocenters. The molecule has 1 rings (SSSR count). The van der Waals surface area contributed by atoms with Crippen LogP contribution in [0.1, 0.15) is 32.6 Å². The number of nitrogens with zero attached hydrogens (tertiary/aromatic N) is 1. The van der Waals surface area contributed by atoms with Gasteiger partial charge in [-0.1, -0.05) is 0 Å². The van der Waals surface area contributed by atoms with Crippen molar-refractivity contribution >= 4 is 5.91 Å². The number of amides is 1. The van der Waals surface area contributed by atoms with E-state index in [2.05, 4.69) is 5.32 Å². The van der Waals surface area contributed by atoms with Crippen LogP contribution in [-0.2, 0) is 9.53 Å². The molecule has 1 aliphatic rings. The summed E-state index contributed by atoms with van der Waals surface area (Å²) in [5, 5.41) is 3.27. The lowest BCUT2D eigenvalue weighted by atomic mass is 10.2. The van der Waals surface area contributed by atoms with Gasteiger partial charge in [0.15, 0.2) is 0 Å². The van der Waals surface area contributed by atoms with Gasteiger partial charge in [0.05, 0.1) is 6.04 Å². The van der Waals surface area contributed by atoms with Crippen LogP contribution in [0.25, 0.3) is 0 Å². The lowest BCUT2D eigenvalue weighted by Gasteiger charge is -2.21. The number of nitrogens with one attached hydrogen (secondary N) is 1. The number of hydrogen-bond donors (Lipinski definition) is 1. The molecule has 4 heteroatoms. The van der Waals surface area contributed by atoms with Crippen LogP contribution in [0.4, 0.5) is 0 Å². The first-order valence-electron chi connectivity index (χ1n) is 6.27. The fourth-order valence-corrected chi connectivity index (χ4v) is 1.99. The number of hydrogen-bond acceptors (Lipinski definition) is 3. The highest BCUT2D eigenvalue weighted by molar-refractivity contribution is 5.81. The van der Waals surface area contributed by atoms with Gasteiger partial charge < -0.3 is 15.0 Å². The van der Waals surface area contributed by atoms with Crippen molar-refractivity contribution < 1.29 is 9.53 Å². The summed E-state index contributed by atoms with van der Waals surface area (Å²) in [5.74, 6) is 0.254.